The molecule has 106 valence electrons. The molecule has 0 spiro atoms. The Labute approximate surface area is 110 Å². The van der Waals surface area contributed by atoms with Gasteiger partial charge in [0.2, 0.25) is 0 Å². The zero-order chi connectivity index (χ0) is 14.4. The minimum atomic E-state index is -2.40. The van der Waals surface area contributed by atoms with Crippen LogP contribution < -0.4 is 10.5 Å². The first-order valence-corrected chi connectivity index (χ1v) is 5.59. The average Bonchev–Trinajstić information content (AvgIpc) is 2.36. The molecule has 0 aromatic heterocycles. The monoisotopic (exact) mass is 273 g/mol. The first-order chi connectivity index (χ1) is 8.97. The maximum atomic E-state index is 12.3. The molecule has 0 amide bonds. The Bertz CT molecular complexity index is 453. The number of halogens is 2. The van der Waals surface area contributed by atoms with E-state index in [9.17, 15) is 8.78 Å². The molecule has 7 heteroatoms. The molecule has 0 atom stereocenters. The number of oxime groups is 1. The van der Waals surface area contributed by atoms with Crippen molar-refractivity contribution in [1.82, 2.24) is 4.90 Å². The van der Waals surface area contributed by atoms with Crippen LogP contribution in [0.25, 0.3) is 0 Å². The van der Waals surface area contributed by atoms with E-state index < -0.39 is 6.43 Å². The first kappa shape index (κ1) is 15.2. The van der Waals surface area contributed by atoms with Crippen LogP contribution in [0.2, 0.25) is 0 Å². The number of amidine groups is 1. The van der Waals surface area contributed by atoms with Crippen LogP contribution in [0.3, 0.4) is 0 Å². The van der Waals surface area contributed by atoms with Crippen molar-refractivity contribution in [3.8, 4) is 5.75 Å². The van der Waals surface area contributed by atoms with Gasteiger partial charge in [0.05, 0.1) is 13.7 Å². The smallest absolute Gasteiger partial charge is 0.251 e. The second kappa shape index (κ2) is 6.89. The lowest BCUT2D eigenvalue weighted by Crippen LogP contribution is -2.24. The van der Waals surface area contributed by atoms with Gasteiger partial charge in [0.15, 0.2) is 5.84 Å². The van der Waals surface area contributed by atoms with Gasteiger partial charge in [-0.05, 0) is 25.2 Å². The third kappa shape index (κ3) is 4.36. The Morgan fingerprint density at radius 3 is 2.74 bits per heavy atom. The summed E-state index contributed by atoms with van der Waals surface area (Å²) in [7, 11) is 3.08. The number of alkyl halides is 2. The van der Waals surface area contributed by atoms with Crippen LogP contribution in [-0.4, -0.2) is 43.1 Å². The number of hydrogen-bond donors (Lipinski definition) is 2. The molecule has 0 fully saturated rings. The highest BCUT2D eigenvalue weighted by molar-refractivity contribution is 5.97. The zero-order valence-electron chi connectivity index (χ0n) is 10.8. The van der Waals surface area contributed by atoms with Gasteiger partial charge in [0.25, 0.3) is 6.43 Å². The number of ether oxygens (including phenoxy) is 1. The van der Waals surface area contributed by atoms with Crippen LogP contribution in [0.15, 0.2) is 23.4 Å². The van der Waals surface area contributed by atoms with Crippen LogP contribution >= 0.6 is 0 Å². The average molecular weight is 273 g/mol. The third-order valence-electron chi connectivity index (χ3n) is 2.57. The lowest BCUT2D eigenvalue weighted by atomic mass is 10.1. The number of hydrogen-bond acceptors (Lipinski definition) is 4. The Morgan fingerprint density at radius 2 is 2.21 bits per heavy atom. The lowest BCUT2D eigenvalue weighted by Gasteiger charge is -2.18. The quantitative estimate of drug-likeness (QED) is 0.356. The van der Waals surface area contributed by atoms with Crippen molar-refractivity contribution >= 4 is 5.84 Å². The second-order valence-electron chi connectivity index (χ2n) is 4.10. The molecule has 0 bridgehead atoms. The molecule has 1 aromatic rings. The lowest BCUT2D eigenvalue weighted by molar-refractivity contribution is 0.0972. The minimum absolute atomic E-state index is 0.0413. The van der Waals surface area contributed by atoms with E-state index >= 15 is 0 Å². The van der Waals surface area contributed by atoms with Crippen molar-refractivity contribution in [2.24, 2.45) is 10.9 Å². The van der Waals surface area contributed by atoms with E-state index in [1.165, 1.54) is 12.0 Å². The van der Waals surface area contributed by atoms with Crippen molar-refractivity contribution in [1.29, 1.82) is 0 Å². The molecule has 1 rings (SSSR count). The fourth-order valence-corrected chi connectivity index (χ4v) is 1.71. The van der Waals surface area contributed by atoms with Crippen LogP contribution in [0, 0.1) is 0 Å². The molecule has 0 aliphatic rings. The Kier molecular flexibility index (Phi) is 5.50. The SMILES string of the molecule is COc1ccc(/C(N)=N/O)cc1CN(C)CC(F)F. The van der Waals surface area contributed by atoms with Gasteiger partial charge in [0, 0.05) is 17.7 Å². The van der Waals surface area contributed by atoms with Crippen LogP contribution in [-0.2, 0) is 6.54 Å². The first-order valence-electron chi connectivity index (χ1n) is 5.59. The van der Waals surface area contributed by atoms with E-state index in [0.29, 0.717) is 16.9 Å². The molecule has 19 heavy (non-hydrogen) atoms. The predicted molar refractivity (Wildman–Crippen MR) is 67.8 cm³/mol. The fraction of sp³-hybridized carbons (Fsp3) is 0.417. The normalized spacial score (nSPS) is 12.2. The van der Waals surface area contributed by atoms with Crippen LogP contribution in [0.4, 0.5) is 8.78 Å². The standard InChI is InChI=1S/C12H17F2N3O2/c1-17(7-11(13)14)6-9-5-8(12(15)16-18)3-4-10(9)19-2/h3-5,11,18H,6-7H2,1-2H3,(H2,15,16). The van der Waals surface area contributed by atoms with Gasteiger partial charge < -0.3 is 15.7 Å². The Balaban J connectivity index is 2.96. The minimum Gasteiger partial charge on any atom is -0.496 e. The predicted octanol–water partition coefficient (Wildman–Crippen LogP) is 1.49. The zero-order valence-corrected chi connectivity index (χ0v) is 10.8. The van der Waals surface area contributed by atoms with Gasteiger partial charge in [-0.3, -0.25) is 4.90 Å². The molecule has 0 unspecified atom stereocenters. The maximum Gasteiger partial charge on any atom is 0.251 e. The van der Waals surface area contributed by atoms with Gasteiger partial charge >= 0.3 is 0 Å². The highest BCUT2D eigenvalue weighted by atomic mass is 19.3. The number of benzene rings is 1. The van der Waals surface area contributed by atoms with E-state index in [2.05, 4.69) is 5.16 Å². The molecule has 0 heterocycles. The number of methoxy groups -OCH3 is 1. The van der Waals surface area contributed by atoms with Crippen molar-refractivity contribution in [3.05, 3.63) is 29.3 Å². The van der Waals surface area contributed by atoms with Crippen molar-refractivity contribution < 1.29 is 18.7 Å². The van der Waals surface area contributed by atoms with Crippen molar-refractivity contribution in [2.45, 2.75) is 13.0 Å². The summed E-state index contributed by atoms with van der Waals surface area (Å²) in [6.45, 7) is -0.0585. The van der Waals surface area contributed by atoms with E-state index in [-0.39, 0.29) is 18.9 Å². The summed E-state index contributed by atoms with van der Waals surface area (Å²) in [5.74, 6) is 0.524. The Hall–Kier alpha value is -1.89. The number of nitrogens with two attached hydrogens (primary N) is 1. The molecular formula is C12H17F2N3O2. The van der Waals surface area contributed by atoms with E-state index in [1.807, 2.05) is 0 Å². The van der Waals surface area contributed by atoms with Crippen molar-refractivity contribution in [2.75, 3.05) is 20.7 Å². The summed E-state index contributed by atoms with van der Waals surface area (Å²) in [6, 6.07) is 4.93. The topological polar surface area (TPSA) is 71.1 Å². The van der Waals surface area contributed by atoms with E-state index in [0.717, 1.165) is 0 Å². The largest absolute Gasteiger partial charge is 0.496 e. The highest BCUT2D eigenvalue weighted by Gasteiger charge is 2.12. The van der Waals surface area contributed by atoms with Gasteiger partial charge in [0.1, 0.15) is 5.75 Å². The van der Waals surface area contributed by atoms with Gasteiger partial charge in [-0.1, -0.05) is 5.16 Å². The Morgan fingerprint density at radius 1 is 1.53 bits per heavy atom. The molecule has 0 saturated heterocycles. The third-order valence-corrected chi connectivity index (χ3v) is 2.57. The molecule has 0 saturated carbocycles. The molecule has 1 aromatic carbocycles. The molecule has 0 radical (unpaired) electrons. The maximum absolute atomic E-state index is 12.3. The number of nitrogens with zero attached hydrogens (tertiary/aromatic N) is 2. The van der Waals surface area contributed by atoms with Gasteiger partial charge in [-0.25, -0.2) is 8.78 Å². The molecular weight excluding hydrogens is 256 g/mol. The number of rotatable bonds is 6. The summed E-state index contributed by atoms with van der Waals surface area (Å²) >= 11 is 0. The summed E-state index contributed by atoms with van der Waals surface area (Å²) in [6.07, 6.45) is -2.40. The van der Waals surface area contributed by atoms with Gasteiger partial charge in [-0.15, -0.1) is 0 Å². The van der Waals surface area contributed by atoms with Gasteiger partial charge in [-0.2, -0.15) is 0 Å². The molecule has 0 aliphatic carbocycles. The summed E-state index contributed by atoms with van der Waals surface area (Å²) in [5.41, 5.74) is 6.68. The molecule has 5 nitrogen and oxygen atoms in total. The second-order valence-corrected chi connectivity index (χ2v) is 4.10. The van der Waals surface area contributed by atoms with Crippen molar-refractivity contribution in [3.63, 3.8) is 0 Å². The summed E-state index contributed by atoms with van der Waals surface area (Å²) < 4.78 is 29.7. The fourth-order valence-electron chi connectivity index (χ4n) is 1.71. The summed E-state index contributed by atoms with van der Waals surface area (Å²) in [4.78, 5) is 1.47. The molecule has 3 N–H and O–H groups in total. The van der Waals surface area contributed by atoms with Crippen LogP contribution in [0.5, 0.6) is 5.75 Å². The summed E-state index contributed by atoms with van der Waals surface area (Å²) in [5, 5.41) is 11.5. The van der Waals surface area contributed by atoms with E-state index in [4.69, 9.17) is 15.7 Å². The highest BCUT2D eigenvalue weighted by Crippen LogP contribution is 2.21. The molecule has 0 aliphatic heterocycles. The van der Waals surface area contributed by atoms with E-state index in [1.54, 1.807) is 25.2 Å². The van der Waals surface area contributed by atoms with Crippen LogP contribution in [0.1, 0.15) is 11.1 Å².